The van der Waals surface area contributed by atoms with Crippen LogP contribution >= 0.6 is 35.0 Å². The Labute approximate surface area is 210 Å². The maximum Gasteiger partial charge on any atom is 0.338 e. The number of halogens is 2. The first-order chi connectivity index (χ1) is 16.4. The van der Waals surface area contributed by atoms with Crippen molar-refractivity contribution in [1.29, 1.82) is 0 Å². The molecule has 0 unspecified atom stereocenters. The molecule has 0 saturated carbocycles. The van der Waals surface area contributed by atoms with Gasteiger partial charge in [-0.05, 0) is 55.5 Å². The van der Waals surface area contributed by atoms with Crippen LogP contribution in [-0.4, -0.2) is 24.4 Å². The Morgan fingerprint density at radius 3 is 2.32 bits per heavy atom. The molecule has 0 radical (unpaired) electrons. The van der Waals surface area contributed by atoms with Gasteiger partial charge in [-0.1, -0.05) is 59.2 Å². The van der Waals surface area contributed by atoms with Crippen LogP contribution in [0.2, 0.25) is 10.0 Å². The average molecular weight is 513 g/mol. The first kappa shape index (κ1) is 23.9. The molecule has 0 fully saturated rings. The molecule has 1 aliphatic rings. The number of rotatable bonds is 7. The van der Waals surface area contributed by atoms with Crippen molar-refractivity contribution in [2.45, 2.75) is 11.8 Å². The van der Waals surface area contributed by atoms with Gasteiger partial charge >= 0.3 is 5.97 Å². The predicted octanol–water partition coefficient (Wildman–Crippen LogP) is 6.16. The van der Waals surface area contributed by atoms with E-state index in [9.17, 15) is 14.4 Å². The fraction of sp³-hybridized carbons (Fsp3) is 0.0800. The summed E-state index contributed by atoms with van der Waals surface area (Å²) in [5.74, 6) is -1.53. The Bertz CT molecular complexity index is 1290. The summed E-state index contributed by atoms with van der Waals surface area (Å²) < 4.78 is 5.00. The Morgan fingerprint density at radius 2 is 1.65 bits per heavy atom. The van der Waals surface area contributed by atoms with E-state index in [-0.39, 0.29) is 32.9 Å². The van der Waals surface area contributed by atoms with Crippen molar-refractivity contribution < 1.29 is 19.1 Å². The topological polar surface area (TPSA) is 75.7 Å². The highest BCUT2D eigenvalue weighted by molar-refractivity contribution is 8.04. The summed E-state index contributed by atoms with van der Waals surface area (Å²) in [6, 6.07) is 20.4. The lowest BCUT2D eigenvalue weighted by Crippen LogP contribution is -2.32. The zero-order valence-electron chi connectivity index (χ0n) is 17.9. The van der Waals surface area contributed by atoms with Gasteiger partial charge in [-0.15, -0.1) is 0 Å². The van der Waals surface area contributed by atoms with E-state index < -0.39 is 17.8 Å². The van der Waals surface area contributed by atoms with Crippen LogP contribution in [0.5, 0.6) is 0 Å². The molecule has 0 spiro atoms. The summed E-state index contributed by atoms with van der Waals surface area (Å²) in [4.78, 5) is 40.8. The smallest absolute Gasteiger partial charge is 0.338 e. The normalized spacial score (nSPS) is 13.4. The third kappa shape index (κ3) is 4.82. The zero-order chi connectivity index (χ0) is 24.2. The minimum absolute atomic E-state index is 0.0961. The Morgan fingerprint density at radius 1 is 0.941 bits per heavy atom. The second-order valence-corrected chi connectivity index (χ2v) is 8.93. The molecule has 9 heteroatoms. The molecule has 172 valence electrons. The van der Waals surface area contributed by atoms with Crippen LogP contribution in [0.4, 0.5) is 11.4 Å². The molecule has 0 atom stereocenters. The van der Waals surface area contributed by atoms with E-state index in [1.165, 1.54) is 11.8 Å². The number of nitrogens with zero attached hydrogens (tertiary/aromatic N) is 1. The molecular weight excluding hydrogens is 495 g/mol. The van der Waals surface area contributed by atoms with Crippen LogP contribution in [0.1, 0.15) is 17.3 Å². The molecule has 34 heavy (non-hydrogen) atoms. The lowest BCUT2D eigenvalue weighted by atomic mass is 10.2. The molecule has 0 aromatic heterocycles. The van der Waals surface area contributed by atoms with Gasteiger partial charge < -0.3 is 10.1 Å². The van der Waals surface area contributed by atoms with Gasteiger partial charge in [0.25, 0.3) is 11.8 Å². The van der Waals surface area contributed by atoms with E-state index in [0.29, 0.717) is 11.3 Å². The number of esters is 1. The number of carbonyl (C=O) groups excluding carboxylic acids is 3. The van der Waals surface area contributed by atoms with Gasteiger partial charge in [0.2, 0.25) is 0 Å². The van der Waals surface area contributed by atoms with Gasteiger partial charge in [0.15, 0.2) is 0 Å². The first-order valence-corrected chi connectivity index (χ1v) is 11.8. The number of imide groups is 1. The maximum absolute atomic E-state index is 13.4. The molecular formula is C25H18Cl2N2O4S. The third-order valence-electron chi connectivity index (χ3n) is 4.84. The maximum atomic E-state index is 13.4. The van der Waals surface area contributed by atoms with Crippen molar-refractivity contribution in [1.82, 2.24) is 0 Å². The van der Waals surface area contributed by atoms with Crippen molar-refractivity contribution in [2.24, 2.45) is 0 Å². The van der Waals surface area contributed by atoms with E-state index in [1.54, 1.807) is 49.4 Å². The molecule has 0 saturated heterocycles. The largest absolute Gasteiger partial charge is 0.462 e. The Kier molecular flexibility index (Phi) is 7.26. The standard InChI is InChI=1S/C25H18Cl2N2O4S/c1-2-33-25(32)15-11-13-16(14-12-15)28-21-22(34-17-7-4-3-5-8-17)24(31)29(23(21)30)19-10-6-9-18(26)20(19)27/h3-14,28H,2H2,1H3. The zero-order valence-corrected chi connectivity index (χ0v) is 20.2. The van der Waals surface area contributed by atoms with Gasteiger partial charge in [0.1, 0.15) is 10.6 Å². The summed E-state index contributed by atoms with van der Waals surface area (Å²) >= 11 is 13.6. The summed E-state index contributed by atoms with van der Waals surface area (Å²) in [6.45, 7) is 2.00. The summed E-state index contributed by atoms with van der Waals surface area (Å²) in [5.41, 5.74) is 1.19. The van der Waals surface area contributed by atoms with E-state index >= 15 is 0 Å². The van der Waals surface area contributed by atoms with Crippen molar-refractivity contribution in [3.05, 3.63) is 99.0 Å². The first-order valence-electron chi connectivity index (χ1n) is 10.2. The van der Waals surface area contributed by atoms with Crippen molar-refractivity contribution in [3.63, 3.8) is 0 Å². The highest BCUT2D eigenvalue weighted by Crippen LogP contribution is 2.41. The minimum Gasteiger partial charge on any atom is -0.462 e. The number of thioether (sulfide) groups is 1. The molecule has 3 aromatic carbocycles. The summed E-state index contributed by atoms with van der Waals surface area (Å²) in [6.07, 6.45) is 0. The predicted molar refractivity (Wildman–Crippen MR) is 134 cm³/mol. The second kappa shape index (κ2) is 10.3. The van der Waals surface area contributed by atoms with E-state index in [0.717, 1.165) is 9.80 Å². The number of anilines is 2. The third-order valence-corrected chi connectivity index (χ3v) is 6.74. The highest BCUT2D eigenvalue weighted by Gasteiger charge is 2.41. The lowest BCUT2D eigenvalue weighted by Gasteiger charge is -2.17. The quantitative estimate of drug-likeness (QED) is 0.301. The number of hydrogen-bond donors (Lipinski definition) is 1. The molecule has 1 aliphatic heterocycles. The minimum atomic E-state index is -0.568. The number of nitrogens with one attached hydrogen (secondary N) is 1. The van der Waals surface area contributed by atoms with Crippen molar-refractivity contribution in [2.75, 3.05) is 16.8 Å². The molecule has 1 heterocycles. The van der Waals surface area contributed by atoms with Crippen LogP contribution in [0.15, 0.2) is 88.3 Å². The average Bonchev–Trinajstić information content (AvgIpc) is 3.06. The molecule has 1 N–H and O–H groups in total. The van der Waals surface area contributed by atoms with Crippen LogP contribution in [0.3, 0.4) is 0 Å². The van der Waals surface area contributed by atoms with Gasteiger partial charge in [0.05, 0.1) is 27.9 Å². The van der Waals surface area contributed by atoms with Crippen molar-refractivity contribution in [3.8, 4) is 0 Å². The fourth-order valence-electron chi connectivity index (χ4n) is 3.25. The summed E-state index contributed by atoms with van der Waals surface area (Å²) in [5, 5.41) is 3.38. The number of carbonyl (C=O) groups is 3. The SMILES string of the molecule is CCOC(=O)c1ccc(NC2=C(Sc3ccccc3)C(=O)N(c3cccc(Cl)c3Cl)C2=O)cc1. The number of ether oxygens (including phenoxy) is 1. The molecule has 6 nitrogen and oxygen atoms in total. The monoisotopic (exact) mass is 512 g/mol. The van der Waals surface area contributed by atoms with Crippen LogP contribution in [-0.2, 0) is 14.3 Å². The van der Waals surface area contributed by atoms with Gasteiger partial charge in [-0.25, -0.2) is 9.69 Å². The molecule has 3 aromatic rings. The van der Waals surface area contributed by atoms with Gasteiger partial charge in [0, 0.05) is 10.6 Å². The molecule has 0 bridgehead atoms. The summed E-state index contributed by atoms with van der Waals surface area (Å²) in [7, 11) is 0. The number of amides is 2. The molecule has 4 rings (SSSR count). The molecule has 2 amide bonds. The Hall–Kier alpha value is -3.26. The van der Waals surface area contributed by atoms with Gasteiger partial charge in [-0.2, -0.15) is 0 Å². The lowest BCUT2D eigenvalue weighted by molar-refractivity contribution is -0.120. The van der Waals surface area contributed by atoms with Crippen LogP contribution in [0, 0.1) is 0 Å². The number of benzene rings is 3. The van der Waals surface area contributed by atoms with E-state index in [1.807, 2.05) is 30.3 Å². The van der Waals surface area contributed by atoms with E-state index in [2.05, 4.69) is 5.32 Å². The van der Waals surface area contributed by atoms with Crippen LogP contribution in [0.25, 0.3) is 0 Å². The number of hydrogen-bond acceptors (Lipinski definition) is 6. The van der Waals surface area contributed by atoms with Crippen molar-refractivity contribution >= 4 is 64.1 Å². The van der Waals surface area contributed by atoms with E-state index in [4.69, 9.17) is 27.9 Å². The fourth-order valence-corrected chi connectivity index (χ4v) is 4.58. The highest BCUT2D eigenvalue weighted by atomic mass is 35.5. The van der Waals surface area contributed by atoms with Crippen LogP contribution < -0.4 is 10.2 Å². The molecule has 0 aliphatic carbocycles. The second-order valence-electron chi connectivity index (χ2n) is 7.06. The van der Waals surface area contributed by atoms with Gasteiger partial charge in [-0.3, -0.25) is 9.59 Å². The Balaban J connectivity index is 1.71.